The van der Waals surface area contributed by atoms with E-state index in [-0.39, 0.29) is 0 Å². The molecule has 0 amide bonds. The highest BCUT2D eigenvalue weighted by molar-refractivity contribution is 7.09. The number of nitrogens with zero attached hydrogens (tertiary/aromatic N) is 4. The molecule has 2 N–H and O–H groups in total. The van der Waals surface area contributed by atoms with Crippen LogP contribution in [0.2, 0.25) is 0 Å². The monoisotopic (exact) mass is 271 g/mol. The molecule has 5 nitrogen and oxygen atoms in total. The highest BCUT2D eigenvalue weighted by atomic mass is 32.1. The van der Waals surface area contributed by atoms with E-state index in [1.807, 2.05) is 36.2 Å². The lowest BCUT2D eigenvalue weighted by atomic mass is 10.2. The fraction of sp³-hybridized carbons (Fsp3) is 0.154. The van der Waals surface area contributed by atoms with Crippen LogP contribution in [0.15, 0.2) is 42.4 Å². The summed E-state index contributed by atoms with van der Waals surface area (Å²) in [5, 5.41) is 3.11. The third-order valence-electron chi connectivity index (χ3n) is 2.88. The van der Waals surface area contributed by atoms with Crippen LogP contribution in [0.5, 0.6) is 0 Å². The largest absolute Gasteiger partial charge is 0.383 e. The average molecular weight is 271 g/mol. The summed E-state index contributed by atoms with van der Waals surface area (Å²) in [5.41, 5.74) is 7.81. The van der Waals surface area contributed by atoms with Crippen molar-refractivity contribution in [3.05, 3.63) is 47.4 Å². The Morgan fingerprint density at radius 1 is 1.26 bits per heavy atom. The quantitative estimate of drug-likeness (QED) is 0.790. The fourth-order valence-corrected chi connectivity index (χ4v) is 2.56. The first-order chi connectivity index (χ1) is 9.34. The Balaban J connectivity index is 1.84. The lowest BCUT2D eigenvalue weighted by Crippen LogP contribution is -2.03. The Hall–Kier alpha value is -2.21. The van der Waals surface area contributed by atoms with Crippen molar-refractivity contribution >= 4 is 17.2 Å². The van der Waals surface area contributed by atoms with Gasteiger partial charge in [-0.3, -0.25) is 0 Å². The summed E-state index contributed by atoms with van der Waals surface area (Å²) in [7, 11) is 0. The first kappa shape index (κ1) is 11.9. The van der Waals surface area contributed by atoms with Gasteiger partial charge in [-0.1, -0.05) is 0 Å². The van der Waals surface area contributed by atoms with Crippen LogP contribution in [0.4, 0.5) is 5.82 Å². The second kappa shape index (κ2) is 5.19. The minimum absolute atomic E-state index is 0.526. The van der Waals surface area contributed by atoms with Gasteiger partial charge >= 0.3 is 0 Å². The van der Waals surface area contributed by atoms with Gasteiger partial charge in [-0.05, 0) is 12.1 Å². The van der Waals surface area contributed by atoms with Gasteiger partial charge in [0.15, 0.2) is 0 Å². The molecule has 0 atom stereocenters. The number of nitrogens with two attached hydrogens (primary N) is 1. The molecule has 0 unspecified atom stereocenters. The van der Waals surface area contributed by atoms with E-state index in [1.165, 1.54) is 0 Å². The van der Waals surface area contributed by atoms with Crippen molar-refractivity contribution in [3.63, 3.8) is 0 Å². The van der Waals surface area contributed by atoms with Gasteiger partial charge in [-0.25, -0.2) is 15.0 Å². The highest BCUT2D eigenvalue weighted by Crippen LogP contribution is 2.23. The van der Waals surface area contributed by atoms with Gasteiger partial charge < -0.3 is 10.3 Å². The Bertz CT molecular complexity index is 659. The third kappa shape index (κ3) is 2.48. The molecular weight excluding hydrogens is 258 g/mol. The van der Waals surface area contributed by atoms with E-state index in [2.05, 4.69) is 19.5 Å². The predicted molar refractivity (Wildman–Crippen MR) is 75.7 cm³/mol. The number of pyridine rings is 1. The third-order valence-corrected chi connectivity index (χ3v) is 3.72. The zero-order chi connectivity index (χ0) is 13.1. The molecule has 0 aliphatic heterocycles. The molecule has 3 heterocycles. The summed E-state index contributed by atoms with van der Waals surface area (Å²) < 4.78 is 2.08. The van der Waals surface area contributed by atoms with Crippen LogP contribution in [0.25, 0.3) is 11.3 Å². The Morgan fingerprint density at radius 2 is 2.21 bits per heavy atom. The van der Waals surface area contributed by atoms with Crippen molar-refractivity contribution in [3.8, 4) is 11.3 Å². The molecular formula is C13H13N5S. The maximum Gasteiger partial charge on any atom is 0.132 e. The van der Waals surface area contributed by atoms with Gasteiger partial charge in [0.2, 0.25) is 0 Å². The number of aryl methyl sites for hydroxylation is 2. The lowest BCUT2D eigenvalue weighted by molar-refractivity contribution is 0.699. The smallest absolute Gasteiger partial charge is 0.132 e. The van der Waals surface area contributed by atoms with E-state index in [4.69, 9.17) is 5.73 Å². The first-order valence-electron chi connectivity index (χ1n) is 5.94. The molecule has 96 valence electrons. The van der Waals surface area contributed by atoms with E-state index >= 15 is 0 Å². The van der Waals surface area contributed by atoms with Crippen LogP contribution >= 0.6 is 11.3 Å². The average Bonchev–Trinajstić information content (AvgIpc) is 3.08. The number of rotatable bonds is 4. The second-order valence-corrected chi connectivity index (χ2v) is 5.06. The Kier molecular flexibility index (Phi) is 3.24. The van der Waals surface area contributed by atoms with E-state index in [0.717, 1.165) is 29.2 Å². The number of hydrogen-bond donors (Lipinski definition) is 1. The Morgan fingerprint density at radius 3 is 3.00 bits per heavy atom. The molecule has 0 saturated carbocycles. The summed E-state index contributed by atoms with van der Waals surface area (Å²) in [6.07, 6.45) is 8.04. The van der Waals surface area contributed by atoms with Gasteiger partial charge in [0.05, 0.1) is 23.2 Å². The number of anilines is 1. The van der Waals surface area contributed by atoms with E-state index < -0.39 is 0 Å². The molecule has 0 bridgehead atoms. The Labute approximate surface area is 114 Å². The SMILES string of the molecule is Nc1ncccc1-c1cncn1CCc1nccs1. The van der Waals surface area contributed by atoms with Crippen molar-refractivity contribution < 1.29 is 0 Å². The molecule has 0 fully saturated rings. The molecule has 6 heteroatoms. The molecule has 3 aromatic rings. The second-order valence-electron chi connectivity index (χ2n) is 4.08. The van der Waals surface area contributed by atoms with Crippen molar-refractivity contribution in [2.45, 2.75) is 13.0 Å². The summed E-state index contributed by atoms with van der Waals surface area (Å²) in [4.78, 5) is 12.6. The first-order valence-corrected chi connectivity index (χ1v) is 6.82. The van der Waals surface area contributed by atoms with Gasteiger partial charge in [0, 0.05) is 36.3 Å². The summed E-state index contributed by atoms with van der Waals surface area (Å²) >= 11 is 1.67. The number of aromatic nitrogens is 4. The minimum Gasteiger partial charge on any atom is -0.383 e. The summed E-state index contributed by atoms with van der Waals surface area (Å²) in [6, 6.07) is 3.84. The predicted octanol–water partition coefficient (Wildman–Crippen LogP) is 2.23. The van der Waals surface area contributed by atoms with E-state index in [9.17, 15) is 0 Å². The molecule has 3 rings (SSSR count). The molecule has 0 aliphatic carbocycles. The standard InChI is InChI=1S/C13H13N5S/c14-13-10(2-1-4-17-13)11-8-15-9-18(11)6-3-12-16-5-7-19-12/h1-2,4-5,7-9H,3,6H2,(H2,14,17). The molecule has 0 spiro atoms. The van der Waals surface area contributed by atoms with Crippen LogP contribution in [0, 0.1) is 0 Å². The van der Waals surface area contributed by atoms with Crippen molar-refractivity contribution in [2.24, 2.45) is 0 Å². The van der Waals surface area contributed by atoms with Crippen LogP contribution in [0.3, 0.4) is 0 Å². The van der Waals surface area contributed by atoms with E-state index in [1.54, 1.807) is 17.5 Å². The van der Waals surface area contributed by atoms with Gasteiger partial charge in [0.25, 0.3) is 0 Å². The normalized spacial score (nSPS) is 10.7. The van der Waals surface area contributed by atoms with Crippen LogP contribution < -0.4 is 5.73 Å². The van der Waals surface area contributed by atoms with Crippen molar-refractivity contribution in [2.75, 3.05) is 5.73 Å². The number of nitrogen functional groups attached to an aromatic ring is 1. The lowest BCUT2D eigenvalue weighted by Gasteiger charge is -2.08. The minimum atomic E-state index is 0.526. The van der Waals surface area contributed by atoms with Crippen LogP contribution in [-0.4, -0.2) is 19.5 Å². The molecule has 0 aromatic carbocycles. The van der Waals surface area contributed by atoms with Crippen LogP contribution in [-0.2, 0) is 13.0 Å². The van der Waals surface area contributed by atoms with Crippen molar-refractivity contribution in [1.82, 2.24) is 19.5 Å². The van der Waals surface area contributed by atoms with Gasteiger partial charge in [0.1, 0.15) is 5.82 Å². The maximum atomic E-state index is 5.91. The topological polar surface area (TPSA) is 69.6 Å². The number of imidazole rings is 1. The summed E-state index contributed by atoms with van der Waals surface area (Å²) in [6.45, 7) is 0.831. The number of hydrogen-bond acceptors (Lipinski definition) is 5. The molecule has 0 radical (unpaired) electrons. The zero-order valence-corrected chi connectivity index (χ0v) is 11.0. The van der Waals surface area contributed by atoms with Crippen LogP contribution in [0.1, 0.15) is 5.01 Å². The maximum absolute atomic E-state index is 5.91. The van der Waals surface area contributed by atoms with Gasteiger partial charge in [-0.2, -0.15) is 0 Å². The van der Waals surface area contributed by atoms with Crippen molar-refractivity contribution in [1.29, 1.82) is 0 Å². The summed E-state index contributed by atoms with van der Waals surface area (Å²) in [5.74, 6) is 0.526. The number of thiazole rings is 1. The molecule has 3 aromatic heterocycles. The molecule has 0 aliphatic rings. The van der Waals surface area contributed by atoms with E-state index in [0.29, 0.717) is 5.82 Å². The zero-order valence-electron chi connectivity index (χ0n) is 10.2. The molecule has 19 heavy (non-hydrogen) atoms. The highest BCUT2D eigenvalue weighted by Gasteiger charge is 2.09. The fourth-order valence-electron chi connectivity index (χ4n) is 1.95. The molecule has 0 saturated heterocycles. The van der Waals surface area contributed by atoms with Gasteiger partial charge in [-0.15, -0.1) is 11.3 Å².